The molecule has 0 amide bonds. The Morgan fingerprint density at radius 1 is 0.677 bits per heavy atom. The largest absolute Gasteiger partial charge is 0.396 e. The van der Waals surface area contributed by atoms with E-state index in [1.165, 1.54) is 103 Å². The third-order valence-corrected chi connectivity index (χ3v) is 9.75. The van der Waals surface area contributed by atoms with Crippen molar-refractivity contribution in [3.63, 3.8) is 0 Å². The SMILES string of the molecule is CCCCCC1CCC(COC2CCC(C3CCC(CO)CC3CC)C(CC)C2)CC1. The van der Waals surface area contributed by atoms with Gasteiger partial charge in [0.25, 0.3) is 0 Å². The van der Waals surface area contributed by atoms with Crippen molar-refractivity contribution in [2.45, 2.75) is 130 Å². The van der Waals surface area contributed by atoms with Gasteiger partial charge in [0.1, 0.15) is 0 Å². The fourth-order valence-electron chi connectivity index (χ4n) is 7.65. The van der Waals surface area contributed by atoms with Crippen LogP contribution in [0.2, 0.25) is 0 Å². The average Bonchev–Trinajstić information content (AvgIpc) is 2.83. The van der Waals surface area contributed by atoms with Crippen molar-refractivity contribution in [2.75, 3.05) is 13.2 Å². The van der Waals surface area contributed by atoms with Crippen molar-refractivity contribution in [3.05, 3.63) is 0 Å². The summed E-state index contributed by atoms with van der Waals surface area (Å²) in [5.74, 6) is 5.93. The fourth-order valence-corrected chi connectivity index (χ4v) is 7.65. The zero-order valence-corrected chi connectivity index (χ0v) is 21.2. The monoisotopic (exact) mass is 434 g/mol. The molecule has 0 aliphatic heterocycles. The standard InChI is InChI=1S/C29H54O2/c1-4-7-8-9-22-10-12-23(13-11-22)21-31-27-15-17-29(26(6-3)19-27)28-16-14-24(20-30)18-25(28)5-2/h22-30H,4-21H2,1-3H3. The summed E-state index contributed by atoms with van der Waals surface area (Å²) in [5, 5.41) is 9.65. The molecule has 0 aromatic rings. The van der Waals surface area contributed by atoms with Crippen molar-refractivity contribution < 1.29 is 9.84 Å². The van der Waals surface area contributed by atoms with E-state index in [2.05, 4.69) is 20.8 Å². The van der Waals surface area contributed by atoms with E-state index < -0.39 is 0 Å². The number of rotatable bonds is 11. The Morgan fingerprint density at radius 2 is 1.29 bits per heavy atom. The first-order valence-corrected chi connectivity index (χ1v) is 14.4. The van der Waals surface area contributed by atoms with Gasteiger partial charge < -0.3 is 9.84 Å². The minimum atomic E-state index is 0.404. The van der Waals surface area contributed by atoms with Gasteiger partial charge in [-0.05, 0) is 92.8 Å². The molecule has 0 bridgehead atoms. The summed E-state index contributed by atoms with van der Waals surface area (Å²) in [6, 6.07) is 0. The first kappa shape index (κ1) is 25.5. The maximum Gasteiger partial charge on any atom is 0.0578 e. The second kappa shape index (κ2) is 13.6. The molecule has 0 aromatic heterocycles. The maximum absolute atomic E-state index is 9.65. The van der Waals surface area contributed by atoms with Gasteiger partial charge in [-0.25, -0.2) is 0 Å². The highest BCUT2D eigenvalue weighted by Gasteiger charge is 2.40. The van der Waals surface area contributed by atoms with Gasteiger partial charge >= 0.3 is 0 Å². The number of hydrogen-bond donors (Lipinski definition) is 1. The zero-order valence-electron chi connectivity index (χ0n) is 21.2. The van der Waals surface area contributed by atoms with E-state index in [1.54, 1.807) is 0 Å². The van der Waals surface area contributed by atoms with E-state index in [1.807, 2.05) is 0 Å². The summed E-state index contributed by atoms with van der Waals surface area (Å²) in [5.41, 5.74) is 0. The predicted molar refractivity (Wildman–Crippen MR) is 132 cm³/mol. The van der Waals surface area contributed by atoms with E-state index in [9.17, 15) is 5.11 Å². The molecule has 3 aliphatic carbocycles. The second-order valence-electron chi connectivity index (χ2n) is 11.7. The summed E-state index contributed by atoms with van der Waals surface area (Å²) in [4.78, 5) is 0. The number of unbranched alkanes of at least 4 members (excludes halogenated alkanes) is 2. The van der Waals surface area contributed by atoms with Crippen LogP contribution in [0.1, 0.15) is 124 Å². The van der Waals surface area contributed by atoms with Crippen LogP contribution in [0.5, 0.6) is 0 Å². The highest BCUT2D eigenvalue weighted by molar-refractivity contribution is 4.90. The average molecular weight is 435 g/mol. The maximum atomic E-state index is 9.65. The van der Waals surface area contributed by atoms with Crippen molar-refractivity contribution in [2.24, 2.45) is 41.4 Å². The van der Waals surface area contributed by atoms with E-state index in [0.717, 1.165) is 42.1 Å². The van der Waals surface area contributed by atoms with Crippen molar-refractivity contribution >= 4 is 0 Å². The normalized spacial score (nSPS) is 39.5. The van der Waals surface area contributed by atoms with E-state index in [-0.39, 0.29) is 0 Å². The van der Waals surface area contributed by atoms with E-state index in [0.29, 0.717) is 18.6 Å². The lowest BCUT2D eigenvalue weighted by molar-refractivity contribution is -0.0470. The van der Waals surface area contributed by atoms with Gasteiger partial charge in [-0.15, -0.1) is 0 Å². The highest BCUT2D eigenvalue weighted by atomic mass is 16.5. The lowest BCUT2D eigenvalue weighted by Gasteiger charge is -2.46. The molecule has 3 fully saturated rings. The number of aliphatic hydroxyl groups is 1. The molecule has 0 aromatic carbocycles. The van der Waals surface area contributed by atoms with Crippen LogP contribution in [0.15, 0.2) is 0 Å². The van der Waals surface area contributed by atoms with Gasteiger partial charge in [0, 0.05) is 13.2 Å². The third-order valence-electron chi connectivity index (χ3n) is 9.75. The molecule has 6 unspecified atom stereocenters. The van der Waals surface area contributed by atoms with Gasteiger partial charge in [-0.2, -0.15) is 0 Å². The molecule has 0 spiro atoms. The van der Waals surface area contributed by atoms with Crippen LogP contribution in [-0.4, -0.2) is 24.4 Å². The van der Waals surface area contributed by atoms with Crippen LogP contribution in [0.25, 0.3) is 0 Å². The lowest BCUT2D eigenvalue weighted by Crippen LogP contribution is -2.39. The molecular formula is C29H54O2. The molecule has 31 heavy (non-hydrogen) atoms. The lowest BCUT2D eigenvalue weighted by atomic mass is 9.61. The summed E-state index contributed by atoms with van der Waals surface area (Å²) in [6.07, 6.45) is 22.5. The minimum Gasteiger partial charge on any atom is -0.396 e. The topological polar surface area (TPSA) is 29.5 Å². The second-order valence-corrected chi connectivity index (χ2v) is 11.7. The first-order valence-electron chi connectivity index (χ1n) is 14.4. The zero-order chi connectivity index (χ0) is 22.1. The molecule has 182 valence electrons. The number of ether oxygens (including phenoxy) is 1. The van der Waals surface area contributed by atoms with Crippen LogP contribution in [0.4, 0.5) is 0 Å². The van der Waals surface area contributed by atoms with Crippen LogP contribution in [0.3, 0.4) is 0 Å². The van der Waals surface area contributed by atoms with Crippen LogP contribution >= 0.6 is 0 Å². The molecular weight excluding hydrogens is 380 g/mol. The Morgan fingerprint density at radius 3 is 1.94 bits per heavy atom. The number of aliphatic hydroxyl groups excluding tert-OH is 1. The summed E-state index contributed by atoms with van der Waals surface area (Å²) in [7, 11) is 0. The summed E-state index contributed by atoms with van der Waals surface area (Å²) in [6.45, 7) is 8.55. The van der Waals surface area contributed by atoms with Gasteiger partial charge in [0.2, 0.25) is 0 Å². The van der Waals surface area contributed by atoms with E-state index >= 15 is 0 Å². The number of hydrogen-bond acceptors (Lipinski definition) is 2. The van der Waals surface area contributed by atoms with Crippen LogP contribution < -0.4 is 0 Å². The van der Waals surface area contributed by atoms with Crippen LogP contribution in [0, 0.1) is 41.4 Å². The van der Waals surface area contributed by atoms with Gasteiger partial charge in [-0.3, -0.25) is 0 Å². The molecule has 3 aliphatic rings. The van der Waals surface area contributed by atoms with Crippen molar-refractivity contribution in [3.8, 4) is 0 Å². The first-order chi connectivity index (χ1) is 15.2. The summed E-state index contributed by atoms with van der Waals surface area (Å²) < 4.78 is 6.58. The molecule has 2 nitrogen and oxygen atoms in total. The molecule has 3 saturated carbocycles. The smallest absolute Gasteiger partial charge is 0.0578 e. The highest BCUT2D eigenvalue weighted by Crippen LogP contribution is 2.48. The Balaban J connectivity index is 1.40. The van der Waals surface area contributed by atoms with E-state index in [4.69, 9.17) is 4.74 Å². The Hall–Kier alpha value is -0.0800. The van der Waals surface area contributed by atoms with Crippen LogP contribution in [-0.2, 0) is 4.74 Å². The third kappa shape index (κ3) is 7.46. The minimum absolute atomic E-state index is 0.404. The molecule has 3 rings (SSSR count). The molecule has 0 radical (unpaired) electrons. The fraction of sp³-hybridized carbons (Fsp3) is 1.00. The molecule has 1 N–H and O–H groups in total. The van der Waals surface area contributed by atoms with Gasteiger partial charge in [-0.1, -0.05) is 72.1 Å². The van der Waals surface area contributed by atoms with Gasteiger partial charge in [0.15, 0.2) is 0 Å². The van der Waals surface area contributed by atoms with Crippen molar-refractivity contribution in [1.82, 2.24) is 0 Å². The molecule has 0 saturated heterocycles. The Bertz CT molecular complexity index is 469. The molecule has 6 atom stereocenters. The van der Waals surface area contributed by atoms with Gasteiger partial charge in [0.05, 0.1) is 6.10 Å². The Kier molecular flexibility index (Phi) is 11.2. The molecule has 0 heterocycles. The van der Waals surface area contributed by atoms with Crippen molar-refractivity contribution in [1.29, 1.82) is 0 Å². The predicted octanol–water partition coefficient (Wildman–Crippen LogP) is 8.02. The molecule has 2 heteroatoms. The quantitative estimate of drug-likeness (QED) is 0.334. The Labute approximate surface area is 194 Å². The summed E-state index contributed by atoms with van der Waals surface area (Å²) >= 11 is 0.